The lowest BCUT2D eigenvalue weighted by atomic mass is 10.5. The van der Waals surface area contributed by atoms with Crippen LogP contribution in [0, 0.1) is 0 Å². The molecule has 42 valence electrons. The molecule has 0 N–H and O–H groups in total. The molecule has 1 unspecified atom stereocenters. The molecule has 2 atom stereocenters. The molecule has 0 spiro atoms. The lowest BCUT2D eigenvalue weighted by Crippen LogP contribution is -2.20. The molecule has 1 heterocycles. The summed E-state index contributed by atoms with van der Waals surface area (Å²) in [5, 5.41) is 0. The Morgan fingerprint density at radius 3 is 2.14 bits per heavy atom. The average molecular weight is 100 g/mol. The van der Waals surface area contributed by atoms with Gasteiger partial charge in [0.2, 0.25) is 0 Å². The zero-order chi connectivity index (χ0) is 5.49. The highest BCUT2D eigenvalue weighted by Gasteiger charge is 2.45. The van der Waals surface area contributed by atoms with E-state index in [2.05, 4.69) is 20.9 Å². The first kappa shape index (κ1) is 5.10. The topological polar surface area (TPSA) is 0 Å². The van der Waals surface area contributed by atoms with Crippen LogP contribution in [-0.2, 0) is 0 Å². The van der Waals surface area contributed by atoms with Gasteiger partial charge in [0.25, 0.3) is 0 Å². The van der Waals surface area contributed by atoms with Crippen molar-refractivity contribution in [3.63, 3.8) is 0 Å². The van der Waals surface area contributed by atoms with Crippen LogP contribution in [0.5, 0.6) is 0 Å². The molecular weight excluding hydrogens is 86.1 g/mol. The SMILES string of the molecule is CC[N+]1(C)C[C@H]1C. The van der Waals surface area contributed by atoms with Crippen molar-refractivity contribution in [1.82, 2.24) is 0 Å². The van der Waals surface area contributed by atoms with Crippen molar-refractivity contribution in [2.45, 2.75) is 19.9 Å². The van der Waals surface area contributed by atoms with Gasteiger partial charge in [0.15, 0.2) is 0 Å². The van der Waals surface area contributed by atoms with Crippen molar-refractivity contribution in [2.75, 3.05) is 20.1 Å². The van der Waals surface area contributed by atoms with E-state index >= 15 is 0 Å². The molecule has 1 aliphatic rings. The van der Waals surface area contributed by atoms with Crippen molar-refractivity contribution in [3.05, 3.63) is 0 Å². The Bertz CT molecular complexity index is 76.2. The first-order valence-electron chi connectivity index (χ1n) is 3.03. The maximum atomic E-state index is 2.31. The molecule has 0 amide bonds. The molecule has 0 bridgehead atoms. The molecule has 7 heavy (non-hydrogen) atoms. The lowest BCUT2D eigenvalue weighted by molar-refractivity contribution is -0.788. The summed E-state index contributed by atoms with van der Waals surface area (Å²) in [5.74, 6) is 0. The predicted molar refractivity (Wildman–Crippen MR) is 31.1 cm³/mol. The van der Waals surface area contributed by atoms with Crippen molar-refractivity contribution in [3.8, 4) is 0 Å². The Kier molecular flexibility index (Phi) is 0.890. The van der Waals surface area contributed by atoms with Crippen molar-refractivity contribution in [1.29, 1.82) is 0 Å². The summed E-state index contributed by atoms with van der Waals surface area (Å²) >= 11 is 0. The van der Waals surface area contributed by atoms with Gasteiger partial charge in [0.05, 0.1) is 13.6 Å². The Hall–Kier alpha value is -0.0400. The van der Waals surface area contributed by atoms with Crippen LogP contribution in [0.1, 0.15) is 13.8 Å². The largest absolute Gasteiger partial charge is 0.315 e. The predicted octanol–water partition coefficient (Wildman–Crippen LogP) is 0.855. The fourth-order valence-corrected chi connectivity index (χ4v) is 0.997. The highest BCUT2D eigenvalue weighted by atomic mass is 15.5. The van der Waals surface area contributed by atoms with Crippen LogP contribution in [0.2, 0.25) is 0 Å². The van der Waals surface area contributed by atoms with Crippen molar-refractivity contribution in [2.24, 2.45) is 0 Å². The maximum Gasteiger partial charge on any atom is 0.136 e. The fraction of sp³-hybridized carbons (Fsp3) is 1.00. The average Bonchev–Trinajstić information content (AvgIpc) is 2.18. The minimum atomic E-state index is 0.949. The number of quaternary nitrogens is 1. The first-order chi connectivity index (χ1) is 3.19. The second-order valence-corrected chi connectivity index (χ2v) is 2.83. The Balaban J connectivity index is 2.36. The third-order valence-corrected chi connectivity index (χ3v) is 2.33. The van der Waals surface area contributed by atoms with Crippen LogP contribution in [0.15, 0.2) is 0 Å². The van der Waals surface area contributed by atoms with E-state index in [1.807, 2.05) is 0 Å². The van der Waals surface area contributed by atoms with E-state index in [4.69, 9.17) is 0 Å². The Labute approximate surface area is 45.5 Å². The normalized spacial score (nSPS) is 49.3. The quantitative estimate of drug-likeness (QED) is 0.338. The molecule has 1 nitrogen and oxygen atoms in total. The van der Waals surface area contributed by atoms with Gasteiger partial charge < -0.3 is 4.48 Å². The van der Waals surface area contributed by atoms with Gasteiger partial charge in [-0.1, -0.05) is 0 Å². The summed E-state index contributed by atoms with van der Waals surface area (Å²) in [6, 6.07) is 0.949. The maximum absolute atomic E-state index is 2.31. The summed E-state index contributed by atoms with van der Waals surface area (Å²) in [6.07, 6.45) is 0. The van der Waals surface area contributed by atoms with Crippen LogP contribution in [0.3, 0.4) is 0 Å². The second kappa shape index (κ2) is 1.22. The zero-order valence-electron chi connectivity index (χ0n) is 5.44. The molecule has 0 radical (unpaired) electrons. The van der Waals surface area contributed by atoms with E-state index in [9.17, 15) is 0 Å². The van der Waals surface area contributed by atoms with Gasteiger partial charge in [-0.25, -0.2) is 0 Å². The molecule has 1 rings (SSSR count). The minimum absolute atomic E-state index is 0.949. The monoisotopic (exact) mass is 100 g/mol. The van der Waals surface area contributed by atoms with E-state index in [1.165, 1.54) is 17.6 Å². The van der Waals surface area contributed by atoms with Crippen LogP contribution >= 0.6 is 0 Å². The Morgan fingerprint density at radius 1 is 1.71 bits per heavy atom. The molecule has 0 aromatic carbocycles. The molecule has 1 saturated heterocycles. The van der Waals surface area contributed by atoms with Gasteiger partial charge in [-0.05, 0) is 13.8 Å². The lowest BCUT2D eigenvalue weighted by Gasteiger charge is -2.07. The molecule has 1 fully saturated rings. The van der Waals surface area contributed by atoms with Crippen LogP contribution < -0.4 is 0 Å². The van der Waals surface area contributed by atoms with Crippen molar-refractivity contribution >= 4 is 0 Å². The van der Waals surface area contributed by atoms with Gasteiger partial charge >= 0.3 is 0 Å². The number of hydrogen-bond acceptors (Lipinski definition) is 0. The Morgan fingerprint density at radius 2 is 2.14 bits per heavy atom. The molecule has 0 saturated carbocycles. The van der Waals surface area contributed by atoms with Gasteiger partial charge in [0.1, 0.15) is 12.6 Å². The highest BCUT2D eigenvalue weighted by Crippen LogP contribution is 2.25. The summed E-state index contributed by atoms with van der Waals surface area (Å²) < 4.78 is 1.31. The van der Waals surface area contributed by atoms with Crippen molar-refractivity contribution < 1.29 is 4.48 Å². The molecule has 0 aliphatic carbocycles. The highest BCUT2D eigenvalue weighted by molar-refractivity contribution is 4.64. The summed E-state index contributed by atoms with van der Waals surface area (Å²) in [4.78, 5) is 0. The van der Waals surface area contributed by atoms with Gasteiger partial charge in [-0.15, -0.1) is 0 Å². The minimum Gasteiger partial charge on any atom is -0.315 e. The zero-order valence-corrected chi connectivity index (χ0v) is 5.44. The first-order valence-corrected chi connectivity index (χ1v) is 3.03. The van der Waals surface area contributed by atoms with E-state index < -0.39 is 0 Å². The second-order valence-electron chi connectivity index (χ2n) is 2.83. The van der Waals surface area contributed by atoms with Gasteiger partial charge in [-0.2, -0.15) is 0 Å². The molecule has 0 aromatic rings. The van der Waals surface area contributed by atoms with E-state index in [-0.39, 0.29) is 0 Å². The number of nitrogens with zero attached hydrogens (tertiary/aromatic N) is 1. The summed E-state index contributed by atoms with van der Waals surface area (Å²) in [6.45, 7) is 7.27. The molecule has 1 heteroatoms. The number of rotatable bonds is 1. The van der Waals surface area contributed by atoms with E-state index in [1.54, 1.807) is 0 Å². The van der Waals surface area contributed by atoms with Crippen LogP contribution in [0.4, 0.5) is 0 Å². The summed E-state index contributed by atoms with van der Waals surface area (Å²) in [7, 11) is 2.31. The van der Waals surface area contributed by atoms with E-state index in [0.29, 0.717) is 0 Å². The molecular formula is C6H14N+. The van der Waals surface area contributed by atoms with Gasteiger partial charge in [0, 0.05) is 0 Å². The van der Waals surface area contributed by atoms with Crippen LogP contribution in [-0.4, -0.2) is 30.7 Å². The fourth-order valence-electron chi connectivity index (χ4n) is 0.997. The van der Waals surface area contributed by atoms with Crippen LogP contribution in [0.25, 0.3) is 0 Å². The third-order valence-electron chi connectivity index (χ3n) is 2.33. The van der Waals surface area contributed by atoms with E-state index in [0.717, 1.165) is 6.04 Å². The smallest absolute Gasteiger partial charge is 0.136 e. The molecule has 0 aromatic heterocycles. The standard InChI is InChI=1S/C6H14N/c1-4-7(3)5-6(7)2/h6H,4-5H2,1-3H3/q+1/t6-,7?/m1/s1. The summed E-state index contributed by atoms with van der Waals surface area (Å²) in [5.41, 5.74) is 0. The molecule has 1 aliphatic heterocycles. The van der Waals surface area contributed by atoms with Gasteiger partial charge in [-0.3, -0.25) is 0 Å². The number of hydrogen-bond donors (Lipinski definition) is 0. The third kappa shape index (κ3) is 0.653. The number of likely N-dealkylation sites (N-methyl/N-ethyl adjacent to an activating group) is 1.